The van der Waals surface area contributed by atoms with Crippen molar-refractivity contribution in [2.45, 2.75) is 25.6 Å². The van der Waals surface area contributed by atoms with Crippen molar-refractivity contribution in [1.29, 1.82) is 0 Å². The van der Waals surface area contributed by atoms with Crippen LogP contribution in [0.3, 0.4) is 0 Å². The number of hydrogen-bond donors (Lipinski definition) is 2. The lowest BCUT2D eigenvalue weighted by atomic mass is 10.0. The maximum absolute atomic E-state index is 10.4. The SMILES string of the molecule is C=CCOc1c(Cl)cc(CN[C@@H](C)[C@H](O)c2ccccc2)cc1OC. The molecule has 2 atom stereocenters. The number of methoxy groups -OCH3 is 1. The third-order valence-electron chi connectivity index (χ3n) is 3.88. The van der Waals surface area contributed by atoms with Gasteiger partial charge in [0.25, 0.3) is 0 Å². The highest BCUT2D eigenvalue weighted by molar-refractivity contribution is 6.32. The van der Waals surface area contributed by atoms with E-state index in [-0.39, 0.29) is 6.04 Å². The number of halogens is 1. The fourth-order valence-electron chi connectivity index (χ4n) is 2.49. The largest absolute Gasteiger partial charge is 0.493 e. The molecule has 134 valence electrons. The van der Waals surface area contributed by atoms with Gasteiger partial charge in [0.05, 0.1) is 18.2 Å². The average molecular weight is 362 g/mol. The van der Waals surface area contributed by atoms with Gasteiger partial charge in [-0.15, -0.1) is 0 Å². The van der Waals surface area contributed by atoms with E-state index in [0.29, 0.717) is 29.7 Å². The molecule has 0 radical (unpaired) electrons. The molecular weight excluding hydrogens is 338 g/mol. The summed E-state index contributed by atoms with van der Waals surface area (Å²) in [6.45, 7) is 6.47. The lowest BCUT2D eigenvalue weighted by molar-refractivity contribution is 0.135. The number of hydrogen-bond acceptors (Lipinski definition) is 4. The second kappa shape index (κ2) is 9.47. The third kappa shape index (κ3) is 5.23. The van der Waals surface area contributed by atoms with Crippen LogP contribution < -0.4 is 14.8 Å². The lowest BCUT2D eigenvalue weighted by Gasteiger charge is -2.21. The first-order chi connectivity index (χ1) is 12.1. The highest BCUT2D eigenvalue weighted by Gasteiger charge is 2.17. The maximum atomic E-state index is 10.4. The number of rotatable bonds is 9. The van der Waals surface area contributed by atoms with Gasteiger partial charge < -0.3 is 19.9 Å². The van der Waals surface area contributed by atoms with Crippen LogP contribution in [0.2, 0.25) is 5.02 Å². The van der Waals surface area contributed by atoms with E-state index < -0.39 is 6.10 Å². The molecule has 0 aliphatic heterocycles. The molecule has 2 rings (SSSR count). The van der Waals surface area contributed by atoms with Gasteiger partial charge in [-0.05, 0) is 30.2 Å². The van der Waals surface area contributed by atoms with Crippen LogP contribution in [0.15, 0.2) is 55.1 Å². The number of aliphatic hydroxyl groups excluding tert-OH is 1. The van der Waals surface area contributed by atoms with Crippen LogP contribution in [-0.4, -0.2) is 24.9 Å². The first kappa shape index (κ1) is 19.3. The molecule has 0 amide bonds. The first-order valence-corrected chi connectivity index (χ1v) is 8.51. The van der Waals surface area contributed by atoms with E-state index in [1.54, 1.807) is 13.2 Å². The molecule has 2 aromatic carbocycles. The Labute approximate surface area is 154 Å². The Balaban J connectivity index is 2.05. The third-order valence-corrected chi connectivity index (χ3v) is 4.16. The maximum Gasteiger partial charge on any atom is 0.180 e. The number of ether oxygens (including phenoxy) is 2. The number of benzene rings is 2. The Hall–Kier alpha value is -2.01. The number of aliphatic hydroxyl groups is 1. The minimum atomic E-state index is -0.589. The standard InChI is InChI=1S/C20H24ClNO3/c1-4-10-25-20-17(21)11-15(12-18(20)24-3)13-22-14(2)19(23)16-8-6-5-7-9-16/h4-9,11-12,14,19,22-23H,1,10,13H2,2-3H3/t14-,19-/m0/s1. The van der Waals surface area contributed by atoms with E-state index >= 15 is 0 Å². The van der Waals surface area contributed by atoms with Crippen LogP contribution in [0.5, 0.6) is 11.5 Å². The molecule has 5 heteroatoms. The fourth-order valence-corrected chi connectivity index (χ4v) is 2.77. The molecule has 0 fully saturated rings. The zero-order valence-electron chi connectivity index (χ0n) is 14.5. The molecule has 4 nitrogen and oxygen atoms in total. The number of nitrogens with one attached hydrogen (secondary N) is 1. The van der Waals surface area contributed by atoms with Crippen molar-refractivity contribution >= 4 is 11.6 Å². The van der Waals surface area contributed by atoms with Crippen LogP contribution in [0.1, 0.15) is 24.2 Å². The van der Waals surface area contributed by atoms with Gasteiger partial charge in [-0.1, -0.05) is 54.6 Å². The van der Waals surface area contributed by atoms with Crippen LogP contribution >= 0.6 is 11.6 Å². The summed E-state index contributed by atoms with van der Waals surface area (Å²) in [5.41, 5.74) is 1.83. The zero-order valence-corrected chi connectivity index (χ0v) is 15.3. The van der Waals surface area contributed by atoms with Crippen molar-refractivity contribution in [3.8, 4) is 11.5 Å². The molecule has 0 aliphatic rings. The summed E-state index contributed by atoms with van der Waals surface area (Å²) in [6, 6.07) is 13.2. The van der Waals surface area contributed by atoms with E-state index in [0.717, 1.165) is 11.1 Å². The predicted molar refractivity (Wildman–Crippen MR) is 101 cm³/mol. The van der Waals surface area contributed by atoms with Gasteiger partial charge in [0.15, 0.2) is 11.5 Å². The molecule has 2 aromatic rings. The van der Waals surface area contributed by atoms with Crippen LogP contribution in [0, 0.1) is 0 Å². The van der Waals surface area contributed by atoms with Crippen LogP contribution in [0.4, 0.5) is 0 Å². The normalized spacial score (nSPS) is 13.1. The molecule has 0 saturated heterocycles. The minimum Gasteiger partial charge on any atom is -0.493 e. The summed E-state index contributed by atoms with van der Waals surface area (Å²) in [6.07, 6.45) is 1.06. The summed E-state index contributed by atoms with van der Waals surface area (Å²) < 4.78 is 10.9. The molecule has 0 saturated carbocycles. The molecular formula is C20H24ClNO3. The fraction of sp³-hybridized carbons (Fsp3) is 0.300. The Morgan fingerprint density at radius 3 is 2.64 bits per heavy atom. The zero-order chi connectivity index (χ0) is 18.2. The Kier molecular flexibility index (Phi) is 7.31. The summed E-state index contributed by atoms with van der Waals surface area (Å²) >= 11 is 6.31. The van der Waals surface area contributed by atoms with Crippen molar-refractivity contribution in [1.82, 2.24) is 5.32 Å². The Morgan fingerprint density at radius 1 is 1.28 bits per heavy atom. The van der Waals surface area contributed by atoms with E-state index in [4.69, 9.17) is 21.1 Å². The van der Waals surface area contributed by atoms with Gasteiger partial charge in [0, 0.05) is 12.6 Å². The monoisotopic (exact) mass is 361 g/mol. The Bertz CT molecular complexity index is 691. The lowest BCUT2D eigenvalue weighted by Crippen LogP contribution is -2.31. The average Bonchev–Trinajstić information content (AvgIpc) is 2.64. The van der Waals surface area contributed by atoms with Gasteiger partial charge in [-0.25, -0.2) is 0 Å². The van der Waals surface area contributed by atoms with Crippen LogP contribution in [0.25, 0.3) is 0 Å². The van der Waals surface area contributed by atoms with Crippen molar-refractivity contribution in [3.05, 3.63) is 71.3 Å². The van der Waals surface area contributed by atoms with Crippen molar-refractivity contribution in [2.75, 3.05) is 13.7 Å². The topological polar surface area (TPSA) is 50.7 Å². The molecule has 0 bridgehead atoms. The van der Waals surface area contributed by atoms with Gasteiger partial charge in [-0.2, -0.15) is 0 Å². The van der Waals surface area contributed by atoms with E-state index in [9.17, 15) is 5.11 Å². The quantitative estimate of drug-likeness (QED) is 0.659. The van der Waals surface area contributed by atoms with E-state index in [1.807, 2.05) is 49.4 Å². The van der Waals surface area contributed by atoms with Crippen molar-refractivity contribution in [3.63, 3.8) is 0 Å². The molecule has 0 spiro atoms. The van der Waals surface area contributed by atoms with Crippen molar-refractivity contribution in [2.24, 2.45) is 0 Å². The van der Waals surface area contributed by atoms with Gasteiger partial charge in [0.1, 0.15) is 6.61 Å². The minimum absolute atomic E-state index is 0.121. The molecule has 0 aliphatic carbocycles. The highest BCUT2D eigenvalue weighted by atomic mass is 35.5. The smallest absolute Gasteiger partial charge is 0.180 e. The summed E-state index contributed by atoms with van der Waals surface area (Å²) in [5.74, 6) is 1.08. The van der Waals surface area contributed by atoms with E-state index in [2.05, 4.69) is 11.9 Å². The summed E-state index contributed by atoms with van der Waals surface area (Å²) in [7, 11) is 1.57. The predicted octanol–water partition coefficient (Wildman–Crippen LogP) is 4.13. The van der Waals surface area contributed by atoms with Crippen molar-refractivity contribution < 1.29 is 14.6 Å². The van der Waals surface area contributed by atoms with Crippen LogP contribution in [-0.2, 0) is 6.54 Å². The second-order valence-corrected chi connectivity index (χ2v) is 6.14. The highest BCUT2D eigenvalue weighted by Crippen LogP contribution is 2.36. The molecule has 0 unspecified atom stereocenters. The molecule has 25 heavy (non-hydrogen) atoms. The molecule has 0 heterocycles. The summed E-state index contributed by atoms with van der Waals surface area (Å²) in [4.78, 5) is 0. The van der Waals surface area contributed by atoms with E-state index in [1.165, 1.54) is 0 Å². The van der Waals surface area contributed by atoms with Gasteiger partial charge in [0.2, 0.25) is 0 Å². The first-order valence-electron chi connectivity index (χ1n) is 8.13. The van der Waals surface area contributed by atoms with Gasteiger partial charge in [-0.3, -0.25) is 0 Å². The van der Waals surface area contributed by atoms with Gasteiger partial charge >= 0.3 is 0 Å². The molecule has 2 N–H and O–H groups in total. The molecule has 0 aromatic heterocycles. The Morgan fingerprint density at radius 2 is 2.00 bits per heavy atom. The summed E-state index contributed by atoms with van der Waals surface area (Å²) in [5, 5.41) is 14.2. The second-order valence-electron chi connectivity index (χ2n) is 5.73.